The maximum Gasteiger partial charge on any atom is 0.320 e. The third-order valence-electron chi connectivity index (χ3n) is 2.20. The number of carboxylic acid groups (broad SMARTS) is 1. The molecule has 1 aromatic heterocycles. The predicted molar refractivity (Wildman–Crippen MR) is 63.7 cm³/mol. The summed E-state index contributed by atoms with van der Waals surface area (Å²) in [5.41, 5.74) is 0. The Balaban J connectivity index is 0.00000225. The van der Waals surface area contributed by atoms with Crippen molar-refractivity contribution in [3.63, 3.8) is 0 Å². The second-order valence-corrected chi connectivity index (χ2v) is 3.48. The summed E-state index contributed by atoms with van der Waals surface area (Å²) in [5.74, 6) is 0.0357. The van der Waals surface area contributed by atoms with Crippen LogP contribution in [0.4, 0.5) is 0 Å². The number of rotatable bonds is 6. The smallest absolute Gasteiger partial charge is 0.320 e. The van der Waals surface area contributed by atoms with Crippen LogP contribution in [0.15, 0.2) is 12.4 Å². The standard InChI is InChI=1S/C10H17N3O2.ClH/c1-3-5-13-6-4-11-9(13)7-12-8(2)10(14)15;/h4,6,8,12H,3,5,7H2,1-2H3,(H,14,15);1H. The van der Waals surface area contributed by atoms with Crippen LogP contribution < -0.4 is 5.32 Å². The van der Waals surface area contributed by atoms with Gasteiger partial charge in [-0.3, -0.25) is 10.1 Å². The molecule has 16 heavy (non-hydrogen) atoms. The van der Waals surface area contributed by atoms with Gasteiger partial charge in [-0.25, -0.2) is 4.98 Å². The average molecular weight is 248 g/mol. The zero-order chi connectivity index (χ0) is 11.3. The maximum absolute atomic E-state index is 10.6. The molecule has 0 aliphatic rings. The fourth-order valence-corrected chi connectivity index (χ4v) is 1.28. The molecule has 0 amide bonds. The van der Waals surface area contributed by atoms with E-state index in [1.54, 1.807) is 13.1 Å². The molecule has 1 heterocycles. The molecule has 0 radical (unpaired) electrons. The highest BCUT2D eigenvalue weighted by molar-refractivity contribution is 5.85. The Bertz CT molecular complexity index is 328. The number of hydrogen-bond acceptors (Lipinski definition) is 3. The first-order chi connectivity index (χ1) is 7.15. The van der Waals surface area contributed by atoms with E-state index in [1.165, 1.54) is 0 Å². The van der Waals surface area contributed by atoms with Gasteiger partial charge in [-0.05, 0) is 13.3 Å². The minimum absolute atomic E-state index is 0. The van der Waals surface area contributed by atoms with Crippen molar-refractivity contribution >= 4 is 18.4 Å². The molecule has 0 fully saturated rings. The van der Waals surface area contributed by atoms with E-state index in [0.29, 0.717) is 6.54 Å². The van der Waals surface area contributed by atoms with Crippen LogP contribution in [-0.4, -0.2) is 26.7 Å². The highest BCUT2D eigenvalue weighted by Crippen LogP contribution is 1.99. The van der Waals surface area contributed by atoms with E-state index in [9.17, 15) is 4.79 Å². The Labute approximate surface area is 101 Å². The fourth-order valence-electron chi connectivity index (χ4n) is 1.28. The molecule has 5 nitrogen and oxygen atoms in total. The van der Waals surface area contributed by atoms with E-state index < -0.39 is 12.0 Å². The molecule has 0 saturated heterocycles. The Morgan fingerprint density at radius 1 is 1.69 bits per heavy atom. The lowest BCUT2D eigenvalue weighted by Crippen LogP contribution is -2.33. The summed E-state index contributed by atoms with van der Waals surface area (Å²) in [5, 5.41) is 11.6. The molecule has 1 unspecified atom stereocenters. The summed E-state index contributed by atoms with van der Waals surface area (Å²) in [6.07, 6.45) is 4.68. The normalized spacial score (nSPS) is 11.9. The van der Waals surface area contributed by atoms with Gasteiger partial charge in [-0.1, -0.05) is 6.92 Å². The molecule has 0 bridgehead atoms. The number of aliphatic carboxylic acids is 1. The SMILES string of the molecule is CCCn1ccnc1CNC(C)C(=O)O.Cl. The van der Waals surface area contributed by atoms with Crippen molar-refractivity contribution in [3.05, 3.63) is 18.2 Å². The van der Waals surface area contributed by atoms with E-state index in [1.807, 2.05) is 10.8 Å². The van der Waals surface area contributed by atoms with Crippen molar-refractivity contribution in [2.24, 2.45) is 0 Å². The largest absolute Gasteiger partial charge is 0.480 e. The summed E-state index contributed by atoms with van der Waals surface area (Å²) in [6.45, 7) is 5.12. The molecular formula is C10H18ClN3O2. The summed E-state index contributed by atoms with van der Waals surface area (Å²) < 4.78 is 2.03. The third-order valence-corrected chi connectivity index (χ3v) is 2.20. The number of hydrogen-bond donors (Lipinski definition) is 2. The van der Waals surface area contributed by atoms with Crippen LogP contribution in [0.1, 0.15) is 26.1 Å². The maximum atomic E-state index is 10.6. The van der Waals surface area contributed by atoms with Gasteiger partial charge in [0.2, 0.25) is 0 Å². The molecule has 1 atom stereocenters. The van der Waals surface area contributed by atoms with E-state index >= 15 is 0 Å². The first-order valence-electron chi connectivity index (χ1n) is 5.11. The van der Waals surface area contributed by atoms with Crippen LogP contribution in [0.25, 0.3) is 0 Å². The van der Waals surface area contributed by atoms with Crippen molar-refractivity contribution in [1.29, 1.82) is 0 Å². The number of halogens is 1. The number of carboxylic acids is 1. The highest BCUT2D eigenvalue weighted by Gasteiger charge is 2.10. The zero-order valence-electron chi connectivity index (χ0n) is 9.51. The van der Waals surface area contributed by atoms with Crippen LogP contribution in [0.5, 0.6) is 0 Å². The van der Waals surface area contributed by atoms with E-state index in [4.69, 9.17) is 5.11 Å². The van der Waals surface area contributed by atoms with Crippen molar-refractivity contribution in [3.8, 4) is 0 Å². The van der Waals surface area contributed by atoms with Crippen molar-refractivity contribution in [1.82, 2.24) is 14.9 Å². The van der Waals surface area contributed by atoms with Crippen LogP contribution in [0.3, 0.4) is 0 Å². The molecule has 0 spiro atoms. The fraction of sp³-hybridized carbons (Fsp3) is 0.600. The lowest BCUT2D eigenvalue weighted by Gasteiger charge is -2.10. The van der Waals surface area contributed by atoms with Gasteiger partial charge in [0.25, 0.3) is 0 Å². The lowest BCUT2D eigenvalue weighted by molar-refractivity contribution is -0.139. The number of aromatic nitrogens is 2. The molecule has 92 valence electrons. The second kappa shape index (κ2) is 7.24. The Morgan fingerprint density at radius 3 is 2.94 bits per heavy atom. The Hall–Kier alpha value is -1.07. The molecule has 1 rings (SSSR count). The molecule has 2 N–H and O–H groups in total. The molecule has 0 saturated carbocycles. The number of carbonyl (C=O) groups is 1. The summed E-state index contributed by atoms with van der Waals surface area (Å²) in [7, 11) is 0. The lowest BCUT2D eigenvalue weighted by atomic mass is 10.3. The Morgan fingerprint density at radius 2 is 2.38 bits per heavy atom. The van der Waals surface area contributed by atoms with Crippen molar-refractivity contribution in [2.75, 3.05) is 0 Å². The average Bonchev–Trinajstić information content (AvgIpc) is 2.62. The molecule has 0 aromatic carbocycles. The van der Waals surface area contributed by atoms with Crippen LogP contribution in [-0.2, 0) is 17.9 Å². The third kappa shape index (κ3) is 4.20. The van der Waals surface area contributed by atoms with E-state index in [-0.39, 0.29) is 12.4 Å². The molecule has 0 aliphatic heterocycles. The Kier molecular flexibility index (Phi) is 6.76. The predicted octanol–water partition coefficient (Wildman–Crippen LogP) is 1.28. The van der Waals surface area contributed by atoms with Crippen molar-refractivity contribution in [2.45, 2.75) is 39.4 Å². The minimum atomic E-state index is -0.844. The topological polar surface area (TPSA) is 67.2 Å². The first kappa shape index (κ1) is 14.9. The molecule has 6 heteroatoms. The summed E-state index contributed by atoms with van der Waals surface area (Å²) in [6, 6.07) is -0.545. The summed E-state index contributed by atoms with van der Waals surface area (Å²) >= 11 is 0. The summed E-state index contributed by atoms with van der Waals surface area (Å²) in [4.78, 5) is 14.8. The van der Waals surface area contributed by atoms with E-state index in [0.717, 1.165) is 18.8 Å². The van der Waals surface area contributed by atoms with Gasteiger partial charge in [0.05, 0.1) is 6.54 Å². The number of nitrogens with one attached hydrogen (secondary N) is 1. The first-order valence-corrected chi connectivity index (χ1v) is 5.11. The van der Waals surface area contributed by atoms with Gasteiger partial charge < -0.3 is 9.67 Å². The second-order valence-electron chi connectivity index (χ2n) is 3.48. The highest BCUT2D eigenvalue weighted by atomic mass is 35.5. The quantitative estimate of drug-likeness (QED) is 0.795. The van der Waals surface area contributed by atoms with Crippen molar-refractivity contribution < 1.29 is 9.90 Å². The van der Waals surface area contributed by atoms with Gasteiger partial charge in [-0.2, -0.15) is 0 Å². The monoisotopic (exact) mass is 247 g/mol. The molecular weight excluding hydrogens is 230 g/mol. The zero-order valence-corrected chi connectivity index (χ0v) is 10.3. The van der Waals surface area contributed by atoms with Crippen LogP contribution >= 0.6 is 12.4 Å². The molecule has 0 aliphatic carbocycles. The molecule has 1 aromatic rings. The van der Waals surface area contributed by atoms with Gasteiger partial charge in [0.15, 0.2) is 0 Å². The van der Waals surface area contributed by atoms with Crippen LogP contribution in [0, 0.1) is 0 Å². The van der Waals surface area contributed by atoms with E-state index in [2.05, 4.69) is 17.2 Å². The van der Waals surface area contributed by atoms with Gasteiger partial charge in [0.1, 0.15) is 11.9 Å². The van der Waals surface area contributed by atoms with Gasteiger partial charge >= 0.3 is 5.97 Å². The van der Waals surface area contributed by atoms with Gasteiger partial charge in [0, 0.05) is 18.9 Å². The van der Waals surface area contributed by atoms with Gasteiger partial charge in [-0.15, -0.1) is 12.4 Å². The number of aryl methyl sites for hydroxylation is 1. The van der Waals surface area contributed by atoms with Crippen LogP contribution in [0.2, 0.25) is 0 Å². The minimum Gasteiger partial charge on any atom is -0.480 e. The number of nitrogens with zero attached hydrogens (tertiary/aromatic N) is 2. The number of imidazole rings is 1.